The first-order valence-electron chi connectivity index (χ1n) is 8.11. The predicted octanol–water partition coefficient (Wildman–Crippen LogP) is 3.77. The molecule has 2 aromatic carbocycles. The summed E-state index contributed by atoms with van der Waals surface area (Å²) in [7, 11) is 4.83. The summed E-state index contributed by atoms with van der Waals surface area (Å²) in [6.07, 6.45) is -0.224. The van der Waals surface area contributed by atoms with E-state index in [2.05, 4.69) is 10.3 Å². The van der Waals surface area contributed by atoms with Gasteiger partial charge in [0.2, 0.25) is 0 Å². The van der Waals surface area contributed by atoms with E-state index in [9.17, 15) is 0 Å². The molecule has 8 heteroatoms. The summed E-state index contributed by atoms with van der Waals surface area (Å²) in [5.74, 6) is 1.66. The Kier molecular flexibility index (Phi) is 10.3. The summed E-state index contributed by atoms with van der Waals surface area (Å²) in [5, 5.41) is 3.72. The van der Waals surface area contributed by atoms with Gasteiger partial charge in [-0.25, -0.2) is 4.99 Å². The van der Waals surface area contributed by atoms with E-state index >= 15 is 0 Å². The monoisotopic (exact) mass is 505 g/mol. The first kappa shape index (κ1) is 23.3. The molecule has 0 saturated carbocycles. The van der Waals surface area contributed by atoms with Gasteiger partial charge in [-0.3, -0.25) is 0 Å². The number of halogens is 2. The molecule has 27 heavy (non-hydrogen) atoms. The van der Waals surface area contributed by atoms with Crippen molar-refractivity contribution >= 4 is 41.5 Å². The minimum absolute atomic E-state index is 0. The molecule has 0 spiro atoms. The van der Waals surface area contributed by atoms with Crippen molar-refractivity contribution in [2.45, 2.75) is 12.6 Å². The maximum Gasteiger partial charge on any atom is 0.189 e. The lowest BCUT2D eigenvalue weighted by molar-refractivity contribution is 0.106. The van der Waals surface area contributed by atoms with E-state index in [0.717, 1.165) is 11.1 Å². The zero-order chi connectivity index (χ0) is 18.9. The fraction of sp³-hybridized carbons (Fsp3) is 0.316. The van der Waals surface area contributed by atoms with E-state index < -0.39 is 0 Å². The first-order chi connectivity index (χ1) is 12.6. The molecule has 0 radical (unpaired) electrons. The topological polar surface area (TPSA) is 78.1 Å². The second-order valence-electron chi connectivity index (χ2n) is 5.52. The number of nitrogens with one attached hydrogen (secondary N) is 1. The maximum absolute atomic E-state index is 6.22. The summed E-state index contributed by atoms with van der Waals surface area (Å²) in [6, 6.07) is 13.2. The molecule has 3 N–H and O–H groups in total. The van der Waals surface area contributed by atoms with Gasteiger partial charge in [-0.05, 0) is 23.8 Å². The summed E-state index contributed by atoms with van der Waals surface area (Å²) in [5.41, 5.74) is 7.82. The van der Waals surface area contributed by atoms with Crippen LogP contribution in [0.3, 0.4) is 0 Å². The lowest BCUT2D eigenvalue weighted by Gasteiger charge is -2.18. The van der Waals surface area contributed by atoms with E-state index in [1.165, 1.54) is 0 Å². The van der Waals surface area contributed by atoms with E-state index in [4.69, 9.17) is 31.5 Å². The van der Waals surface area contributed by atoms with Gasteiger partial charge >= 0.3 is 0 Å². The summed E-state index contributed by atoms with van der Waals surface area (Å²) in [6.45, 7) is 0.879. The molecule has 2 aromatic rings. The van der Waals surface area contributed by atoms with Gasteiger partial charge in [0, 0.05) is 24.2 Å². The van der Waals surface area contributed by atoms with Gasteiger partial charge in [-0.2, -0.15) is 0 Å². The van der Waals surface area contributed by atoms with Crippen LogP contribution in [0.5, 0.6) is 11.5 Å². The number of rotatable bonds is 8. The van der Waals surface area contributed by atoms with Crippen LogP contribution in [0.4, 0.5) is 0 Å². The largest absolute Gasteiger partial charge is 0.493 e. The molecule has 0 fully saturated rings. The average Bonchev–Trinajstić information content (AvgIpc) is 2.67. The van der Waals surface area contributed by atoms with Crippen molar-refractivity contribution < 1.29 is 14.2 Å². The fourth-order valence-electron chi connectivity index (χ4n) is 2.47. The lowest BCUT2D eigenvalue weighted by atomic mass is 10.1. The molecule has 0 aliphatic rings. The van der Waals surface area contributed by atoms with Crippen LogP contribution < -0.4 is 20.5 Å². The highest BCUT2D eigenvalue weighted by Crippen LogP contribution is 2.28. The molecule has 0 bridgehead atoms. The zero-order valence-electron chi connectivity index (χ0n) is 15.6. The summed E-state index contributed by atoms with van der Waals surface area (Å²) < 4.78 is 16.0. The second kappa shape index (κ2) is 11.9. The van der Waals surface area contributed by atoms with E-state index in [1.807, 2.05) is 42.5 Å². The van der Waals surface area contributed by atoms with Crippen LogP contribution in [0.15, 0.2) is 47.5 Å². The van der Waals surface area contributed by atoms with Gasteiger partial charge in [0.15, 0.2) is 17.5 Å². The minimum atomic E-state index is -0.224. The van der Waals surface area contributed by atoms with E-state index in [0.29, 0.717) is 35.6 Å². The van der Waals surface area contributed by atoms with Gasteiger partial charge in [-0.1, -0.05) is 35.9 Å². The Balaban J connectivity index is 0.00000364. The third kappa shape index (κ3) is 6.75. The molecule has 0 aliphatic carbocycles. The molecular weight excluding hydrogens is 481 g/mol. The average molecular weight is 506 g/mol. The number of benzene rings is 2. The first-order valence-corrected chi connectivity index (χ1v) is 8.48. The number of nitrogens with two attached hydrogens (primary N) is 1. The minimum Gasteiger partial charge on any atom is -0.493 e. The molecular formula is C19H25ClIN3O3. The van der Waals surface area contributed by atoms with Crippen LogP contribution in [0.25, 0.3) is 0 Å². The van der Waals surface area contributed by atoms with Gasteiger partial charge in [0.25, 0.3) is 0 Å². The Morgan fingerprint density at radius 1 is 1.11 bits per heavy atom. The molecule has 6 nitrogen and oxygen atoms in total. The Labute approximate surface area is 182 Å². The van der Waals surface area contributed by atoms with Crippen molar-refractivity contribution in [1.29, 1.82) is 0 Å². The standard InChI is InChI=1S/C19H24ClN3O3.HI/c1-24-16-9-8-13(10-17(16)25-2)11-22-19(21)23-12-18(26-3)14-6-4-5-7-15(14)20;/h4-10,18H,11-12H2,1-3H3,(H3,21,22,23);1H. The van der Waals surface area contributed by atoms with Crippen molar-refractivity contribution in [3.8, 4) is 11.5 Å². The Morgan fingerprint density at radius 2 is 1.81 bits per heavy atom. The number of aliphatic imine (C=N–C) groups is 1. The highest BCUT2D eigenvalue weighted by atomic mass is 127. The van der Waals surface area contributed by atoms with Crippen molar-refractivity contribution in [3.63, 3.8) is 0 Å². The number of nitrogens with zero attached hydrogens (tertiary/aromatic N) is 1. The number of hydrogen-bond donors (Lipinski definition) is 2. The van der Waals surface area contributed by atoms with Crippen molar-refractivity contribution in [3.05, 3.63) is 58.6 Å². The van der Waals surface area contributed by atoms with Crippen molar-refractivity contribution in [1.82, 2.24) is 5.32 Å². The maximum atomic E-state index is 6.22. The van der Waals surface area contributed by atoms with Crippen LogP contribution >= 0.6 is 35.6 Å². The number of hydrogen-bond acceptors (Lipinski definition) is 4. The molecule has 2 rings (SSSR count). The van der Waals surface area contributed by atoms with Crippen molar-refractivity contribution in [2.24, 2.45) is 10.7 Å². The number of methoxy groups -OCH3 is 3. The van der Waals surface area contributed by atoms with E-state index in [1.54, 1.807) is 21.3 Å². The highest BCUT2D eigenvalue weighted by Gasteiger charge is 2.13. The highest BCUT2D eigenvalue weighted by molar-refractivity contribution is 14.0. The van der Waals surface area contributed by atoms with Crippen LogP contribution in [-0.4, -0.2) is 33.8 Å². The number of guanidine groups is 1. The molecule has 0 aliphatic heterocycles. The van der Waals surface area contributed by atoms with E-state index in [-0.39, 0.29) is 30.1 Å². The van der Waals surface area contributed by atoms with Gasteiger partial charge < -0.3 is 25.3 Å². The SMILES string of the molecule is COc1ccc(CN=C(N)NCC(OC)c2ccccc2Cl)cc1OC.I. The smallest absolute Gasteiger partial charge is 0.189 e. The fourth-order valence-corrected chi connectivity index (χ4v) is 2.72. The Morgan fingerprint density at radius 3 is 2.44 bits per heavy atom. The van der Waals surface area contributed by atoms with Crippen molar-refractivity contribution in [2.75, 3.05) is 27.9 Å². The Hall–Kier alpha value is -1.71. The zero-order valence-corrected chi connectivity index (χ0v) is 18.7. The third-order valence-corrected chi connectivity index (χ3v) is 4.23. The van der Waals surface area contributed by atoms with Gasteiger partial charge in [-0.15, -0.1) is 24.0 Å². The molecule has 0 heterocycles. The molecule has 148 valence electrons. The van der Waals surface area contributed by atoms with Gasteiger partial charge in [0.05, 0.1) is 20.8 Å². The third-order valence-electron chi connectivity index (χ3n) is 3.89. The summed E-state index contributed by atoms with van der Waals surface area (Å²) >= 11 is 6.22. The van der Waals surface area contributed by atoms with Crippen LogP contribution in [0, 0.1) is 0 Å². The molecule has 1 atom stereocenters. The number of ether oxygens (including phenoxy) is 3. The normalized spacial score (nSPS) is 12.1. The molecule has 0 amide bonds. The van der Waals surface area contributed by atoms with Crippen LogP contribution in [0.1, 0.15) is 17.2 Å². The quantitative estimate of drug-likeness (QED) is 0.324. The summed E-state index contributed by atoms with van der Waals surface area (Å²) in [4.78, 5) is 4.35. The molecule has 1 unspecified atom stereocenters. The van der Waals surface area contributed by atoms with Crippen LogP contribution in [-0.2, 0) is 11.3 Å². The van der Waals surface area contributed by atoms with Gasteiger partial charge in [0.1, 0.15) is 6.10 Å². The predicted molar refractivity (Wildman–Crippen MR) is 119 cm³/mol. The van der Waals surface area contributed by atoms with Crippen LogP contribution in [0.2, 0.25) is 5.02 Å². The second-order valence-corrected chi connectivity index (χ2v) is 5.92. The Bertz CT molecular complexity index is 759. The molecule has 0 saturated heterocycles. The molecule has 0 aromatic heterocycles. The lowest BCUT2D eigenvalue weighted by Crippen LogP contribution is -2.35.